The van der Waals surface area contributed by atoms with Crippen molar-refractivity contribution in [2.75, 3.05) is 0 Å². The number of rotatable bonds is 8. The highest BCUT2D eigenvalue weighted by Gasteiger charge is 2.38. The Morgan fingerprint density at radius 1 is 1.16 bits per heavy atom. The molecule has 0 radical (unpaired) electrons. The van der Waals surface area contributed by atoms with Crippen molar-refractivity contribution in [1.82, 2.24) is 4.90 Å². The number of hydrogen-bond acceptors (Lipinski definition) is 6. The van der Waals surface area contributed by atoms with Crippen molar-refractivity contribution in [3.8, 4) is 0 Å². The molecule has 1 aliphatic rings. The van der Waals surface area contributed by atoms with E-state index in [1.54, 1.807) is 0 Å². The number of aldehydes is 1. The van der Waals surface area contributed by atoms with Gasteiger partial charge in [0.05, 0.1) is 18.5 Å². The van der Waals surface area contributed by atoms with E-state index in [0.29, 0.717) is 24.0 Å². The zero-order valence-corrected chi connectivity index (χ0v) is 14.6. The number of carbonyl (C=O) groups is 4. The highest BCUT2D eigenvalue weighted by atomic mass is 16.4. The van der Waals surface area contributed by atoms with Crippen molar-refractivity contribution in [1.29, 1.82) is 0 Å². The van der Waals surface area contributed by atoms with Gasteiger partial charge in [0.1, 0.15) is 12.4 Å². The predicted molar refractivity (Wildman–Crippen MR) is 89.4 cm³/mol. The predicted octanol–water partition coefficient (Wildman–Crippen LogP) is 0.452. The third-order valence-electron chi connectivity index (χ3n) is 4.61. The van der Waals surface area contributed by atoms with E-state index in [1.807, 2.05) is 0 Å². The summed E-state index contributed by atoms with van der Waals surface area (Å²) in [7, 11) is 0. The van der Waals surface area contributed by atoms with Gasteiger partial charge < -0.3 is 20.7 Å². The average Bonchev–Trinajstić information content (AvgIpc) is 2.82. The number of aliphatic carboxylic acids is 1. The van der Waals surface area contributed by atoms with Gasteiger partial charge in [-0.15, -0.1) is 0 Å². The van der Waals surface area contributed by atoms with Crippen LogP contribution in [0.1, 0.15) is 58.3 Å². The fourth-order valence-corrected chi connectivity index (χ4v) is 3.25. The second-order valence-electron chi connectivity index (χ2n) is 6.69. The van der Waals surface area contributed by atoms with Gasteiger partial charge in [0.15, 0.2) is 0 Å². The number of imide groups is 1. The largest absolute Gasteiger partial charge is 0.481 e. The van der Waals surface area contributed by atoms with E-state index in [2.05, 4.69) is 0 Å². The van der Waals surface area contributed by atoms with E-state index in [9.17, 15) is 24.3 Å². The third kappa shape index (κ3) is 6.21. The number of carboxylic acids is 1. The van der Waals surface area contributed by atoms with Crippen molar-refractivity contribution in [3.05, 3.63) is 0 Å². The first kappa shape index (κ1) is 21.2. The summed E-state index contributed by atoms with van der Waals surface area (Å²) >= 11 is 0. The molecular formula is C17H28N2O6. The van der Waals surface area contributed by atoms with Crippen LogP contribution in [0.25, 0.3) is 0 Å². The van der Waals surface area contributed by atoms with Gasteiger partial charge in [0.2, 0.25) is 5.91 Å². The monoisotopic (exact) mass is 356 g/mol. The van der Waals surface area contributed by atoms with E-state index < -0.39 is 42.4 Å². The lowest BCUT2D eigenvalue weighted by atomic mass is 9.92. The molecule has 0 bridgehead atoms. The molecule has 0 aromatic rings. The number of aliphatic hydroxyl groups excluding tert-OH is 1. The molecule has 0 spiro atoms. The van der Waals surface area contributed by atoms with Crippen LogP contribution in [0.2, 0.25) is 0 Å². The number of carboxylic acid groups (broad SMARTS) is 1. The van der Waals surface area contributed by atoms with Gasteiger partial charge in [-0.05, 0) is 25.7 Å². The molecule has 1 unspecified atom stereocenters. The average molecular weight is 356 g/mol. The zero-order chi connectivity index (χ0) is 19.0. The fourth-order valence-electron chi connectivity index (χ4n) is 3.25. The van der Waals surface area contributed by atoms with E-state index in [1.165, 1.54) is 6.92 Å². The van der Waals surface area contributed by atoms with Crippen LogP contribution >= 0.6 is 0 Å². The Bertz CT molecular complexity index is 486. The van der Waals surface area contributed by atoms with Crippen LogP contribution in [0, 0.1) is 5.92 Å². The standard InChI is InChI=1S/C17H28N2O6/c1-11(18)16(24)19(13(8-9-20)10-14(21)22)17(25)15(23)12-6-4-2-3-5-7-12/h9,11-13,15,23H,2-8,10,18H2,1H3,(H,21,22)/t11-,13+,15?/m0/s1. The molecule has 0 saturated heterocycles. The minimum Gasteiger partial charge on any atom is -0.481 e. The van der Waals surface area contributed by atoms with E-state index in [-0.39, 0.29) is 12.3 Å². The molecule has 142 valence electrons. The second kappa shape index (κ2) is 10.2. The van der Waals surface area contributed by atoms with Gasteiger partial charge >= 0.3 is 5.97 Å². The third-order valence-corrected chi connectivity index (χ3v) is 4.61. The van der Waals surface area contributed by atoms with Crippen LogP contribution < -0.4 is 5.73 Å². The minimum absolute atomic E-state index is 0.278. The number of amides is 2. The summed E-state index contributed by atoms with van der Waals surface area (Å²) in [4.78, 5) is 47.8. The van der Waals surface area contributed by atoms with Gasteiger partial charge in [0, 0.05) is 6.42 Å². The first-order chi connectivity index (χ1) is 11.8. The van der Waals surface area contributed by atoms with Gasteiger partial charge in [-0.25, -0.2) is 0 Å². The van der Waals surface area contributed by atoms with Gasteiger partial charge in [0.25, 0.3) is 5.91 Å². The summed E-state index contributed by atoms with van der Waals surface area (Å²) in [6.45, 7) is 1.37. The molecule has 0 aliphatic heterocycles. The normalized spacial score (nSPS) is 19.3. The summed E-state index contributed by atoms with van der Waals surface area (Å²) in [5.74, 6) is -3.17. The van der Waals surface area contributed by atoms with Crippen molar-refractivity contribution in [2.24, 2.45) is 11.7 Å². The topological polar surface area (TPSA) is 138 Å². The molecule has 0 aromatic heterocycles. The zero-order valence-electron chi connectivity index (χ0n) is 14.6. The molecule has 4 N–H and O–H groups in total. The number of carbonyl (C=O) groups excluding carboxylic acids is 3. The van der Waals surface area contributed by atoms with Gasteiger partial charge in [-0.1, -0.05) is 25.7 Å². The summed E-state index contributed by atoms with van der Waals surface area (Å²) in [5, 5.41) is 19.5. The molecule has 8 nitrogen and oxygen atoms in total. The summed E-state index contributed by atoms with van der Waals surface area (Å²) in [6, 6.07) is -2.20. The molecule has 1 saturated carbocycles. The Labute approximate surface area is 147 Å². The SMILES string of the molecule is C[C@H](N)C(=O)N(C(=O)C(O)C1CCCCCC1)[C@H](CC=O)CC(=O)O. The maximum Gasteiger partial charge on any atom is 0.305 e. The van der Waals surface area contributed by atoms with Crippen molar-refractivity contribution < 1.29 is 29.4 Å². The molecule has 3 atom stereocenters. The Morgan fingerprint density at radius 2 is 1.72 bits per heavy atom. The Balaban J connectivity index is 3.06. The maximum atomic E-state index is 12.8. The lowest BCUT2D eigenvalue weighted by Crippen LogP contribution is -2.55. The van der Waals surface area contributed by atoms with Gasteiger partial charge in [-0.3, -0.25) is 19.3 Å². The molecule has 0 heterocycles. The van der Waals surface area contributed by atoms with Crippen LogP contribution in [0.5, 0.6) is 0 Å². The summed E-state index contributed by atoms with van der Waals surface area (Å²) < 4.78 is 0. The quantitative estimate of drug-likeness (QED) is 0.424. The van der Waals surface area contributed by atoms with E-state index >= 15 is 0 Å². The van der Waals surface area contributed by atoms with Crippen LogP contribution in [-0.2, 0) is 19.2 Å². The van der Waals surface area contributed by atoms with E-state index in [0.717, 1.165) is 25.7 Å². The van der Waals surface area contributed by atoms with Crippen LogP contribution in [-0.4, -0.2) is 57.4 Å². The molecule has 1 fully saturated rings. The van der Waals surface area contributed by atoms with Gasteiger partial charge in [-0.2, -0.15) is 0 Å². The number of nitrogens with two attached hydrogens (primary N) is 1. The molecule has 0 aromatic carbocycles. The van der Waals surface area contributed by atoms with Crippen LogP contribution in [0.15, 0.2) is 0 Å². The Kier molecular flexibility index (Phi) is 8.71. The van der Waals surface area contributed by atoms with Crippen LogP contribution in [0.3, 0.4) is 0 Å². The highest BCUT2D eigenvalue weighted by molar-refractivity contribution is 6.00. The fraction of sp³-hybridized carbons (Fsp3) is 0.765. The van der Waals surface area contributed by atoms with E-state index in [4.69, 9.17) is 10.8 Å². The van der Waals surface area contributed by atoms with Crippen molar-refractivity contribution in [3.63, 3.8) is 0 Å². The number of aliphatic hydroxyl groups is 1. The number of hydrogen-bond donors (Lipinski definition) is 3. The second-order valence-corrected chi connectivity index (χ2v) is 6.69. The minimum atomic E-state index is -1.40. The first-order valence-corrected chi connectivity index (χ1v) is 8.75. The summed E-state index contributed by atoms with van der Waals surface area (Å²) in [6.07, 6.45) is 3.37. The van der Waals surface area contributed by atoms with Crippen molar-refractivity contribution in [2.45, 2.75) is 76.5 Å². The lowest BCUT2D eigenvalue weighted by Gasteiger charge is -2.33. The first-order valence-electron chi connectivity index (χ1n) is 8.75. The van der Waals surface area contributed by atoms with Crippen molar-refractivity contribution >= 4 is 24.1 Å². The Hall–Kier alpha value is -1.80. The molecule has 8 heteroatoms. The lowest BCUT2D eigenvalue weighted by molar-refractivity contribution is -0.157. The number of nitrogens with zero attached hydrogens (tertiary/aromatic N) is 1. The molecule has 25 heavy (non-hydrogen) atoms. The molecule has 1 rings (SSSR count). The molecular weight excluding hydrogens is 328 g/mol. The molecule has 2 amide bonds. The molecule has 1 aliphatic carbocycles. The maximum absolute atomic E-state index is 12.8. The Morgan fingerprint density at radius 3 is 2.16 bits per heavy atom. The van der Waals surface area contributed by atoms with Crippen LogP contribution in [0.4, 0.5) is 0 Å². The smallest absolute Gasteiger partial charge is 0.305 e. The highest BCUT2D eigenvalue weighted by Crippen LogP contribution is 2.27. The summed E-state index contributed by atoms with van der Waals surface area (Å²) in [5.41, 5.74) is 5.58.